The lowest BCUT2D eigenvalue weighted by atomic mass is 10.1. The molecule has 3 aromatic rings. The number of nitrogens with zero attached hydrogens (tertiary/aromatic N) is 1. The molecule has 2 aromatic carbocycles. The molecule has 24 heavy (non-hydrogen) atoms. The maximum absolute atomic E-state index is 12.7. The smallest absolute Gasteiger partial charge is 0.251 e. The van der Waals surface area contributed by atoms with Gasteiger partial charge in [-0.1, -0.05) is 36.4 Å². The van der Waals surface area contributed by atoms with Crippen molar-refractivity contribution < 1.29 is 4.74 Å². The highest BCUT2D eigenvalue weighted by molar-refractivity contribution is 5.75. The zero-order valence-corrected chi connectivity index (χ0v) is 13.9. The van der Waals surface area contributed by atoms with Crippen LogP contribution in [0.4, 0.5) is 0 Å². The fourth-order valence-corrected chi connectivity index (χ4v) is 3.51. The maximum atomic E-state index is 12.7. The number of methoxy groups -OCH3 is 1. The summed E-state index contributed by atoms with van der Waals surface area (Å²) in [5.41, 5.74) is 7.05. The minimum Gasteiger partial charge on any atom is -0.497 e. The van der Waals surface area contributed by atoms with E-state index in [0.717, 1.165) is 29.0 Å². The van der Waals surface area contributed by atoms with Crippen LogP contribution in [0.1, 0.15) is 22.3 Å². The quantitative estimate of drug-likeness (QED) is 0.576. The number of aromatic nitrogens is 1. The molecule has 3 heteroatoms. The Morgan fingerprint density at radius 3 is 2.58 bits per heavy atom. The molecule has 120 valence electrons. The van der Waals surface area contributed by atoms with Crippen LogP contribution in [0.25, 0.3) is 11.3 Å². The van der Waals surface area contributed by atoms with Gasteiger partial charge >= 0.3 is 0 Å². The Kier molecular flexibility index (Phi) is 3.49. The van der Waals surface area contributed by atoms with Crippen LogP contribution < -0.4 is 10.3 Å². The van der Waals surface area contributed by atoms with Gasteiger partial charge in [-0.2, -0.15) is 0 Å². The van der Waals surface area contributed by atoms with E-state index in [1.54, 1.807) is 13.2 Å². The second kappa shape index (κ2) is 5.68. The Balaban J connectivity index is 1.85. The van der Waals surface area contributed by atoms with Gasteiger partial charge in [-0.25, -0.2) is 0 Å². The van der Waals surface area contributed by atoms with Crippen molar-refractivity contribution in [2.75, 3.05) is 7.11 Å². The van der Waals surface area contributed by atoms with Gasteiger partial charge in [0.15, 0.2) is 0 Å². The van der Waals surface area contributed by atoms with E-state index in [-0.39, 0.29) is 5.56 Å². The first-order chi connectivity index (χ1) is 11.7. The van der Waals surface area contributed by atoms with Crippen molar-refractivity contribution in [2.45, 2.75) is 19.9 Å². The number of fused-ring (bicyclic) bond motifs is 3. The molecule has 0 bridgehead atoms. The summed E-state index contributed by atoms with van der Waals surface area (Å²) in [6.07, 6.45) is 0.903. The monoisotopic (exact) mass is 317 g/mol. The highest BCUT2D eigenvalue weighted by Gasteiger charge is 2.24. The average Bonchev–Trinajstić information content (AvgIpc) is 2.99. The van der Waals surface area contributed by atoms with Crippen LogP contribution in [-0.4, -0.2) is 11.7 Å². The number of rotatable bonds is 3. The Bertz CT molecular complexity index is 968. The van der Waals surface area contributed by atoms with Gasteiger partial charge in [-0.15, -0.1) is 0 Å². The van der Waals surface area contributed by atoms with Crippen LogP contribution in [0.3, 0.4) is 0 Å². The standard InChI is InChI=1S/C21H19NO2/c1-14-11-20(23)22(13-15-7-9-17(24-2)10-8-15)21-18-6-4-3-5-16(18)12-19(14)21/h3-11H,12-13H2,1-2H3. The van der Waals surface area contributed by atoms with E-state index in [1.165, 1.54) is 16.7 Å². The maximum Gasteiger partial charge on any atom is 0.251 e. The van der Waals surface area contributed by atoms with Gasteiger partial charge in [0.05, 0.1) is 19.3 Å². The van der Waals surface area contributed by atoms with E-state index in [4.69, 9.17) is 4.74 Å². The Labute approximate surface area is 141 Å². The topological polar surface area (TPSA) is 31.2 Å². The summed E-state index contributed by atoms with van der Waals surface area (Å²) in [7, 11) is 1.66. The lowest BCUT2D eigenvalue weighted by Gasteiger charge is -2.15. The third-order valence-electron chi connectivity index (χ3n) is 4.78. The van der Waals surface area contributed by atoms with E-state index in [0.29, 0.717) is 6.54 Å². The number of pyridine rings is 1. The Morgan fingerprint density at radius 2 is 1.83 bits per heavy atom. The number of hydrogen-bond acceptors (Lipinski definition) is 2. The largest absolute Gasteiger partial charge is 0.497 e. The predicted molar refractivity (Wildman–Crippen MR) is 95.8 cm³/mol. The molecule has 1 aliphatic carbocycles. The van der Waals surface area contributed by atoms with E-state index in [1.807, 2.05) is 41.8 Å². The predicted octanol–water partition coefficient (Wildman–Crippen LogP) is 3.78. The molecule has 0 fully saturated rings. The summed E-state index contributed by atoms with van der Waals surface area (Å²) < 4.78 is 7.11. The Hall–Kier alpha value is -2.81. The van der Waals surface area contributed by atoms with Crippen molar-refractivity contribution in [3.63, 3.8) is 0 Å². The molecular weight excluding hydrogens is 298 g/mol. The van der Waals surface area contributed by atoms with Gasteiger partial charge in [0.25, 0.3) is 5.56 Å². The van der Waals surface area contributed by atoms with Gasteiger partial charge in [0, 0.05) is 18.1 Å². The summed E-state index contributed by atoms with van der Waals surface area (Å²) >= 11 is 0. The lowest BCUT2D eigenvalue weighted by Crippen LogP contribution is -2.23. The molecule has 1 aromatic heterocycles. The molecule has 0 amide bonds. The molecule has 3 nitrogen and oxygen atoms in total. The number of benzene rings is 2. The van der Waals surface area contributed by atoms with Crippen LogP contribution in [0.15, 0.2) is 59.4 Å². The second-order valence-corrected chi connectivity index (χ2v) is 6.26. The van der Waals surface area contributed by atoms with Crippen molar-refractivity contribution >= 4 is 0 Å². The lowest BCUT2D eigenvalue weighted by molar-refractivity contribution is 0.414. The zero-order valence-electron chi connectivity index (χ0n) is 13.9. The molecule has 0 saturated carbocycles. The van der Waals surface area contributed by atoms with E-state index in [2.05, 4.69) is 18.2 Å². The summed E-state index contributed by atoms with van der Waals surface area (Å²) in [6, 6.07) is 18.0. The molecule has 0 saturated heterocycles. The summed E-state index contributed by atoms with van der Waals surface area (Å²) in [5, 5.41) is 0. The summed E-state index contributed by atoms with van der Waals surface area (Å²) in [6.45, 7) is 2.60. The van der Waals surface area contributed by atoms with Gasteiger partial charge < -0.3 is 9.30 Å². The molecule has 0 atom stereocenters. The molecule has 0 radical (unpaired) electrons. The van der Waals surface area contributed by atoms with Crippen molar-refractivity contribution in [3.05, 3.63) is 87.2 Å². The van der Waals surface area contributed by atoms with Crippen molar-refractivity contribution in [1.82, 2.24) is 4.57 Å². The van der Waals surface area contributed by atoms with E-state index in [9.17, 15) is 4.79 Å². The Morgan fingerprint density at radius 1 is 1.08 bits per heavy atom. The summed E-state index contributed by atoms with van der Waals surface area (Å²) in [5.74, 6) is 0.825. The molecule has 0 aliphatic heterocycles. The fraction of sp³-hybridized carbons (Fsp3) is 0.190. The first-order valence-electron chi connectivity index (χ1n) is 8.12. The molecule has 1 aliphatic rings. The number of aryl methyl sites for hydroxylation is 1. The highest BCUT2D eigenvalue weighted by Crippen LogP contribution is 2.37. The van der Waals surface area contributed by atoms with Crippen LogP contribution in [0, 0.1) is 6.92 Å². The average molecular weight is 317 g/mol. The van der Waals surface area contributed by atoms with Crippen LogP contribution in [-0.2, 0) is 13.0 Å². The minimum absolute atomic E-state index is 0.0544. The molecular formula is C21H19NO2. The van der Waals surface area contributed by atoms with Crippen LogP contribution in [0.2, 0.25) is 0 Å². The molecule has 0 N–H and O–H groups in total. The van der Waals surface area contributed by atoms with Crippen molar-refractivity contribution in [3.8, 4) is 17.0 Å². The van der Waals surface area contributed by atoms with Crippen LogP contribution >= 0.6 is 0 Å². The molecule has 4 rings (SSSR count). The third-order valence-corrected chi connectivity index (χ3v) is 4.78. The van der Waals surface area contributed by atoms with Crippen molar-refractivity contribution in [1.29, 1.82) is 0 Å². The van der Waals surface area contributed by atoms with Gasteiger partial charge in [-0.3, -0.25) is 4.79 Å². The first-order valence-corrected chi connectivity index (χ1v) is 8.12. The first kappa shape index (κ1) is 14.8. The number of ether oxygens (including phenoxy) is 1. The molecule has 0 unspecified atom stereocenters. The van der Waals surface area contributed by atoms with E-state index < -0.39 is 0 Å². The van der Waals surface area contributed by atoms with Crippen LogP contribution in [0.5, 0.6) is 5.75 Å². The summed E-state index contributed by atoms with van der Waals surface area (Å²) in [4.78, 5) is 12.7. The van der Waals surface area contributed by atoms with Crippen molar-refractivity contribution in [2.24, 2.45) is 0 Å². The third kappa shape index (κ3) is 2.33. The highest BCUT2D eigenvalue weighted by atomic mass is 16.5. The normalized spacial score (nSPS) is 11.9. The SMILES string of the molecule is COc1ccc(Cn2c3c(c(C)cc2=O)Cc2ccccc2-3)cc1. The molecule has 1 heterocycles. The zero-order chi connectivity index (χ0) is 16.7. The minimum atomic E-state index is 0.0544. The van der Waals surface area contributed by atoms with Gasteiger partial charge in [0.1, 0.15) is 5.75 Å². The second-order valence-electron chi connectivity index (χ2n) is 6.26. The van der Waals surface area contributed by atoms with Gasteiger partial charge in [0.2, 0.25) is 0 Å². The number of hydrogen-bond donors (Lipinski definition) is 0. The molecule has 0 spiro atoms. The van der Waals surface area contributed by atoms with E-state index >= 15 is 0 Å². The van der Waals surface area contributed by atoms with Gasteiger partial charge in [-0.05, 0) is 41.3 Å². The fourth-order valence-electron chi connectivity index (χ4n) is 3.51.